The van der Waals surface area contributed by atoms with E-state index in [1.165, 1.54) is 13.8 Å². The molecule has 1 heterocycles. The fraction of sp³-hybridized carbons (Fsp3) is 0.389. The molecular weight excluding hydrogens is 294 g/mol. The minimum Gasteiger partial charge on any atom is -0.511 e. The lowest BCUT2D eigenvalue weighted by atomic mass is 10.00. The standard InChI is InChI=1S/C18H21NO4/c1-4-5-6-7-16(22)17-14-10-13(11(2)20)8-9-15(14)19(12(3)21)18(17)23/h8-10,22H,4-7H2,1-3H3/b17-16-. The summed E-state index contributed by atoms with van der Waals surface area (Å²) in [5.41, 5.74) is 1.45. The third-order valence-electron chi connectivity index (χ3n) is 3.95. The number of nitrogens with zero attached hydrogens (tertiary/aromatic N) is 1. The molecule has 1 aliphatic heterocycles. The smallest absolute Gasteiger partial charge is 0.269 e. The van der Waals surface area contributed by atoms with Gasteiger partial charge in [-0.1, -0.05) is 19.8 Å². The van der Waals surface area contributed by atoms with E-state index in [-0.39, 0.29) is 17.1 Å². The number of Topliss-reactive ketones (excluding diaryl/α,β-unsaturated/α-hetero) is 1. The number of amides is 2. The number of carbonyl (C=O) groups excluding carboxylic acids is 3. The zero-order chi connectivity index (χ0) is 17.1. The number of benzene rings is 1. The molecule has 0 fully saturated rings. The molecule has 2 rings (SSSR count). The minimum atomic E-state index is -0.526. The number of anilines is 1. The van der Waals surface area contributed by atoms with Gasteiger partial charge in [-0.05, 0) is 31.5 Å². The van der Waals surface area contributed by atoms with Gasteiger partial charge in [0.15, 0.2) is 5.78 Å². The van der Waals surface area contributed by atoms with Crippen LogP contribution >= 0.6 is 0 Å². The summed E-state index contributed by atoms with van der Waals surface area (Å²) in [5.74, 6) is -1.09. The second-order valence-corrected chi connectivity index (χ2v) is 5.73. The number of aliphatic hydroxyl groups excluding tert-OH is 1. The van der Waals surface area contributed by atoms with Gasteiger partial charge < -0.3 is 5.11 Å². The molecule has 1 aliphatic rings. The summed E-state index contributed by atoms with van der Waals surface area (Å²) in [5, 5.41) is 10.4. The van der Waals surface area contributed by atoms with Crippen molar-refractivity contribution in [1.29, 1.82) is 0 Å². The van der Waals surface area contributed by atoms with Gasteiger partial charge in [0.1, 0.15) is 5.76 Å². The van der Waals surface area contributed by atoms with Crippen LogP contribution in [-0.2, 0) is 9.59 Å². The third kappa shape index (κ3) is 3.18. The lowest BCUT2D eigenvalue weighted by molar-refractivity contribution is -0.122. The topological polar surface area (TPSA) is 74.7 Å². The van der Waals surface area contributed by atoms with Crippen LogP contribution in [0.2, 0.25) is 0 Å². The lowest BCUT2D eigenvalue weighted by Crippen LogP contribution is -2.31. The van der Waals surface area contributed by atoms with Crippen LogP contribution in [0.5, 0.6) is 0 Å². The largest absolute Gasteiger partial charge is 0.511 e. The molecule has 0 aromatic heterocycles. The first kappa shape index (κ1) is 16.9. The second kappa shape index (κ2) is 6.77. The molecule has 1 N–H and O–H groups in total. The summed E-state index contributed by atoms with van der Waals surface area (Å²) in [7, 11) is 0. The van der Waals surface area contributed by atoms with E-state index in [4.69, 9.17) is 0 Å². The van der Waals surface area contributed by atoms with Crippen LogP contribution in [-0.4, -0.2) is 22.7 Å². The first-order valence-electron chi connectivity index (χ1n) is 7.81. The van der Waals surface area contributed by atoms with Crippen molar-refractivity contribution in [3.8, 4) is 0 Å². The molecule has 5 nitrogen and oxygen atoms in total. The first-order chi connectivity index (χ1) is 10.9. The molecule has 0 aliphatic carbocycles. The van der Waals surface area contributed by atoms with Crippen LogP contribution in [0.1, 0.15) is 62.4 Å². The Kier molecular flexibility index (Phi) is 4.98. The molecule has 0 saturated carbocycles. The van der Waals surface area contributed by atoms with Crippen molar-refractivity contribution in [2.75, 3.05) is 4.90 Å². The van der Waals surface area contributed by atoms with Gasteiger partial charge in [0.2, 0.25) is 5.91 Å². The van der Waals surface area contributed by atoms with Gasteiger partial charge >= 0.3 is 0 Å². The highest BCUT2D eigenvalue weighted by atomic mass is 16.3. The minimum absolute atomic E-state index is 0.0193. The van der Waals surface area contributed by atoms with Gasteiger partial charge in [-0.3, -0.25) is 14.4 Å². The Morgan fingerprint density at radius 3 is 2.43 bits per heavy atom. The Hall–Kier alpha value is -2.43. The summed E-state index contributed by atoms with van der Waals surface area (Å²) >= 11 is 0. The average molecular weight is 315 g/mol. The van der Waals surface area contributed by atoms with Gasteiger partial charge in [-0.2, -0.15) is 0 Å². The van der Waals surface area contributed by atoms with Crippen molar-refractivity contribution in [1.82, 2.24) is 0 Å². The highest BCUT2D eigenvalue weighted by Crippen LogP contribution is 2.39. The fourth-order valence-electron chi connectivity index (χ4n) is 2.75. The fourth-order valence-corrected chi connectivity index (χ4v) is 2.75. The van der Waals surface area contributed by atoms with Crippen LogP contribution in [0, 0.1) is 0 Å². The van der Waals surface area contributed by atoms with E-state index in [0.717, 1.165) is 24.2 Å². The zero-order valence-electron chi connectivity index (χ0n) is 13.7. The first-order valence-corrected chi connectivity index (χ1v) is 7.81. The predicted molar refractivity (Wildman–Crippen MR) is 88.3 cm³/mol. The average Bonchev–Trinajstić information content (AvgIpc) is 2.78. The SMILES string of the molecule is CCCCC/C(O)=C1/C(=O)N(C(C)=O)c2ccc(C(C)=O)cc21. The Morgan fingerprint density at radius 2 is 1.87 bits per heavy atom. The predicted octanol–water partition coefficient (Wildman–Crippen LogP) is 3.63. The number of hydrogen-bond acceptors (Lipinski definition) is 4. The van der Waals surface area contributed by atoms with Gasteiger partial charge in [-0.25, -0.2) is 4.90 Å². The maximum Gasteiger partial charge on any atom is 0.269 e. The number of fused-ring (bicyclic) bond motifs is 1. The number of imide groups is 1. The summed E-state index contributed by atoms with van der Waals surface area (Å²) in [4.78, 5) is 37.0. The van der Waals surface area contributed by atoms with E-state index in [1.807, 2.05) is 0 Å². The monoisotopic (exact) mass is 315 g/mol. The van der Waals surface area contributed by atoms with Crippen molar-refractivity contribution >= 4 is 28.9 Å². The molecule has 1 aromatic rings. The highest BCUT2D eigenvalue weighted by Gasteiger charge is 2.37. The quantitative estimate of drug-likeness (QED) is 0.390. The van der Waals surface area contributed by atoms with E-state index < -0.39 is 11.8 Å². The molecule has 0 bridgehead atoms. The maximum absolute atomic E-state index is 12.6. The van der Waals surface area contributed by atoms with E-state index in [9.17, 15) is 19.5 Å². The highest BCUT2D eigenvalue weighted by molar-refractivity contribution is 6.40. The molecule has 122 valence electrons. The van der Waals surface area contributed by atoms with Crippen molar-refractivity contribution < 1.29 is 19.5 Å². The van der Waals surface area contributed by atoms with Gasteiger partial charge in [0.05, 0.1) is 11.3 Å². The number of unbranched alkanes of at least 4 members (excludes halogenated alkanes) is 2. The molecule has 0 radical (unpaired) electrons. The number of aliphatic hydroxyl groups is 1. The Balaban J connectivity index is 2.55. The van der Waals surface area contributed by atoms with Gasteiger partial charge in [0, 0.05) is 24.5 Å². The zero-order valence-corrected chi connectivity index (χ0v) is 13.7. The molecule has 5 heteroatoms. The maximum atomic E-state index is 12.6. The second-order valence-electron chi connectivity index (χ2n) is 5.73. The summed E-state index contributed by atoms with van der Waals surface area (Å²) in [6.45, 7) is 4.79. The molecule has 2 amide bonds. The van der Waals surface area contributed by atoms with E-state index in [0.29, 0.717) is 23.2 Å². The molecule has 0 atom stereocenters. The number of ketones is 1. The lowest BCUT2D eigenvalue weighted by Gasteiger charge is -2.12. The van der Waals surface area contributed by atoms with Crippen molar-refractivity contribution in [3.05, 3.63) is 35.1 Å². The van der Waals surface area contributed by atoms with Gasteiger partial charge in [0.25, 0.3) is 5.91 Å². The molecule has 23 heavy (non-hydrogen) atoms. The third-order valence-corrected chi connectivity index (χ3v) is 3.95. The molecule has 1 aromatic carbocycles. The van der Waals surface area contributed by atoms with Crippen LogP contribution in [0.25, 0.3) is 5.57 Å². The summed E-state index contributed by atoms with van der Waals surface area (Å²) < 4.78 is 0. The Bertz CT molecular complexity index is 703. The Labute approximate surface area is 135 Å². The van der Waals surface area contributed by atoms with E-state index >= 15 is 0 Å². The van der Waals surface area contributed by atoms with Crippen LogP contribution in [0.3, 0.4) is 0 Å². The number of rotatable bonds is 5. The summed E-state index contributed by atoms with van der Waals surface area (Å²) in [6, 6.07) is 4.74. The molecule has 0 saturated heterocycles. The van der Waals surface area contributed by atoms with Crippen LogP contribution in [0.4, 0.5) is 5.69 Å². The van der Waals surface area contributed by atoms with Crippen molar-refractivity contribution in [2.45, 2.75) is 46.5 Å². The van der Waals surface area contributed by atoms with Gasteiger partial charge in [-0.15, -0.1) is 0 Å². The van der Waals surface area contributed by atoms with Crippen LogP contribution in [0.15, 0.2) is 24.0 Å². The number of hydrogen-bond donors (Lipinski definition) is 1. The van der Waals surface area contributed by atoms with E-state index in [2.05, 4.69) is 6.92 Å². The number of carbonyl (C=O) groups is 3. The van der Waals surface area contributed by atoms with E-state index in [1.54, 1.807) is 18.2 Å². The normalized spacial score (nSPS) is 15.6. The number of allylic oxidation sites excluding steroid dienone is 1. The van der Waals surface area contributed by atoms with Crippen molar-refractivity contribution in [2.24, 2.45) is 0 Å². The Morgan fingerprint density at radius 1 is 1.17 bits per heavy atom. The molecule has 0 unspecified atom stereocenters. The summed E-state index contributed by atoms with van der Waals surface area (Å²) in [6.07, 6.45) is 3.09. The van der Waals surface area contributed by atoms with Crippen molar-refractivity contribution in [3.63, 3.8) is 0 Å². The van der Waals surface area contributed by atoms with Crippen LogP contribution < -0.4 is 4.90 Å². The molecular formula is C18H21NO4. The molecule has 0 spiro atoms.